The van der Waals surface area contributed by atoms with Gasteiger partial charge in [-0.1, -0.05) is 20.3 Å². The molecule has 0 spiro atoms. The monoisotopic (exact) mass is 124 g/mol. The second-order valence-electron chi connectivity index (χ2n) is 4.40. The van der Waals surface area contributed by atoms with E-state index in [1.54, 1.807) is 12.8 Å². The first-order valence-corrected chi connectivity index (χ1v) is 4.23. The Kier molecular flexibility index (Phi) is 0.980. The van der Waals surface area contributed by atoms with Gasteiger partial charge in [0.1, 0.15) is 0 Å². The Bertz CT molecular complexity index is 118. The molecule has 2 fully saturated rings. The van der Waals surface area contributed by atoms with Gasteiger partial charge in [0.25, 0.3) is 0 Å². The van der Waals surface area contributed by atoms with Gasteiger partial charge in [-0.3, -0.25) is 0 Å². The van der Waals surface area contributed by atoms with Crippen LogP contribution in [-0.4, -0.2) is 0 Å². The van der Waals surface area contributed by atoms with Crippen LogP contribution in [0.5, 0.6) is 0 Å². The average Bonchev–Trinajstić information content (AvgIpc) is 2.44. The van der Waals surface area contributed by atoms with E-state index in [-0.39, 0.29) is 0 Å². The summed E-state index contributed by atoms with van der Waals surface area (Å²) in [6.45, 7) is 4.66. The van der Waals surface area contributed by atoms with E-state index in [1.165, 1.54) is 18.8 Å². The fourth-order valence-corrected chi connectivity index (χ4v) is 1.79. The molecule has 2 aliphatic carbocycles. The van der Waals surface area contributed by atoms with Crippen molar-refractivity contribution in [3.05, 3.63) is 0 Å². The zero-order valence-corrected chi connectivity index (χ0v) is 6.48. The third kappa shape index (κ3) is 0.889. The standard InChI is InChI=1S/C9H16/c1-7(2)3-4-9-5-8(9)6-9/h7-8H,3-6H2,1-2H3. The van der Waals surface area contributed by atoms with Gasteiger partial charge in [-0.05, 0) is 36.5 Å². The Morgan fingerprint density at radius 1 is 1.44 bits per heavy atom. The minimum absolute atomic E-state index is 0.932. The normalized spacial score (nSPS) is 45.0. The maximum absolute atomic E-state index is 2.33. The molecule has 0 radical (unpaired) electrons. The Morgan fingerprint density at radius 2 is 2.00 bits per heavy atom. The van der Waals surface area contributed by atoms with Crippen molar-refractivity contribution in [3.63, 3.8) is 0 Å². The molecule has 0 unspecified atom stereocenters. The molecule has 0 heteroatoms. The SMILES string of the molecule is CC(C)CCC12CC1C2. The predicted octanol–water partition coefficient (Wildman–Crippen LogP) is 2.83. The fourth-order valence-electron chi connectivity index (χ4n) is 1.79. The Hall–Kier alpha value is 0. The third-order valence-electron chi connectivity index (χ3n) is 3.07. The summed E-state index contributed by atoms with van der Waals surface area (Å²) in [6, 6.07) is 0. The van der Waals surface area contributed by atoms with Crippen molar-refractivity contribution in [2.75, 3.05) is 0 Å². The first-order valence-electron chi connectivity index (χ1n) is 4.23. The molecular weight excluding hydrogens is 108 g/mol. The van der Waals surface area contributed by atoms with Crippen LogP contribution >= 0.6 is 0 Å². The second kappa shape index (κ2) is 1.53. The van der Waals surface area contributed by atoms with Gasteiger partial charge >= 0.3 is 0 Å². The zero-order valence-electron chi connectivity index (χ0n) is 6.48. The molecular formula is C9H16. The van der Waals surface area contributed by atoms with Gasteiger partial charge in [-0.15, -0.1) is 0 Å². The van der Waals surface area contributed by atoms with Crippen molar-refractivity contribution in [2.24, 2.45) is 17.3 Å². The lowest BCUT2D eigenvalue weighted by Gasteiger charge is -2.04. The van der Waals surface area contributed by atoms with Gasteiger partial charge in [-0.25, -0.2) is 0 Å². The van der Waals surface area contributed by atoms with Crippen molar-refractivity contribution in [2.45, 2.75) is 39.5 Å². The van der Waals surface area contributed by atoms with Crippen LogP contribution in [0.1, 0.15) is 39.5 Å². The lowest BCUT2D eigenvalue weighted by Crippen LogP contribution is -1.91. The number of hydrogen-bond donors (Lipinski definition) is 0. The molecule has 0 heterocycles. The molecule has 0 saturated heterocycles. The highest BCUT2D eigenvalue weighted by molar-refractivity contribution is 5.17. The van der Waals surface area contributed by atoms with Crippen molar-refractivity contribution in [3.8, 4) is 0 Å². The molecule has 2 saturated carbocycles. The van der Waals surface area contributed by atoms with Crippen LogP contribution in [-0.2, 0) is 0 Å². The molecule has 2 rings (SSSR count). The highest BCUT2D eigenvalue weighted by Crippen LogP contribution is 2.77. The van der Waals surface area contributed by atoms with E-state index in [2.05, 4.69) is 13.8 Å². The van der Waals surface area contributed by atoms with Crippen molar-refractivity contribution < 1.29 is 0 Å². The van der Waals surface area contributed by atoms with Crippen LogP contribution in [0.4, 0.5) is 0 Å². The average molecular weight is 124 g/mol. The lowest BCUT2D eigenvalue weighted by molar-refractivity contribution is 0.476. The molecule has 0 aromatic carbocycles. The molecule has 0 N–H and O–H groups in total. The minimum atomic E-state index is 0.932. The van der Waals surface area contributed by atoms with Gasteiger partial charge in [0.15, 0.2) is 0 Å². The van der Waals surface area contributed by atoms with E-state index in [1.807, 2.05) is 0 Å². The van der Waals surface area contributed by atoms with Gasteiger partial charge in [0.05, 0.1) is 0 Å². The summed E-state index contributed by atoms with van der Waals surface area (Å²) < 4.78 is 0. The topological polar surface area (TPSA) is 0 Å². The van der Waals surface area contributed by atoms with Crippen LogP contribution in [0.2, 0.25) is 0 Å². The van der Waals surface area contributed by atoms with Crippen molar-refractivity contribution in [1.29, 1.82) is 0 Å². The van der Waals surface area contributed by atoms with E-state index in [9.17, 15) is 0 Å². The van der Waals surface area contributed by atoms with Crippen LogP contribution < -0.4 is 0 Å². The molecule has 0 atom stereocenters. The highest BCUT2D eigenvalue weighted by atomic mass is 14.7. The third-order valence-corrected chi connectivity index (χ3v) is 3.07. The summed E-state index contributed by atoms with van der Waals surface area (Å²) in [5.41, 5.74) is 0.949. The van der Waals surface area contributed by atoms with Gasteiger partial charge in [0, 0.05) is 0 Å². The number of hydrogen-bond acceptors (Lipinski definition) is 0. The smallest absolute Gasteiger partial charge is 0.0263 e. The summed E-state index contributed by atoms with van der Waals surface area (Å²) in [7, 11) is 0. The van der Waals surface area contributed by atoms with Gasteiger partial charge < -0.3 is 0 Å². The van der Waals surface area contributed by atoms with E-state index in [0.29, 0.717) is 0 Å². The quantitative estimate of drug-likeness (QED) is 0.542. The molecule has 0 aromatic rings. The first kappa shape index (κ1) is 5.76. The Morgan fingerprint density at radius 3 is 2.33 bits per heavy atom. The van der Waals surface area contributed by atoms with Crippen LogP contribution in [0.15, 0.2) is 0 Å². The van der Waals surface area contributed by atoms with E-state index < -0.39 is 0 Å². The summed E-state index contributed by atoms with van der Waals surface area (Å²) in [6.07, 6.45) is 6.17. The van der Waals surface area contributed by atoms with E-state index in [4.69, 9.17) is 0 Å². The maximum Gasteiger partial charge on any atom is -0.0263 e. The second-order valence-corrected chi connectivity index (χ2v) is 4.40. The Labute approximate surface area is 57.6 Å². The highest BCUT2D eigenvalue weighted by Gasteiger charge is 2.68. The van der Waals surface area contributed by atoms with Crippen LogP contribution in [0.3, 0.4) is 0 Å². The molecule has 0 bridgehead atoms. The van der Waals surface area contributed by atoms with Crippen LogP contribution in [0.25, 0.3) is 0 Å². The summed E-state index contributed by atoms with van der Waals surface area (Å²) in [4.78, 5) is 0. The van der Waals surface area contributed by atoms with Crippen molar-refractivity contribution in [1.82, 2.24) is 0 Å². The molecule has 0 nitrogen and oxygen atoms in total. The molecule has 0 aliphatic heterocycles. The number of rotatable bonds is 3. The zero-order chi connectivity index (χ0) is 6.48. The first-order chi connectivity index (χ1) is 4.23. The van der Waals surface area contributed by atoms with Crippen LogP contribution in [0, 0.1) is 17.3 Å². The molecule has 0 amide bonds. The molecule has 0 aromatic heterocycles. The van der Waals surface area contributed by atoms with Crippen molar-refractivity contribution >= 4 is 0 Å². The lowest BCUT2D eigenvalue weighted by atomic mass is 10.0. The van der Waals surface area contributed by atoms with Gasteiger partial charge in [0.2, 0.25) is 0 Å². The summed E-state index contributed by atoms with van der Waals surface area (Å²) >= 11 is 0. The number of fused-ring (bicyclic) bond motifs is 1. The molecule has 52 valence electrons. The summed E-state index contributed by atoms with van der Waals surface area (Å²) in [5.74, 6) is 2.14. The minimum Gasteiger partial charge on any atom is -0.0628 e. The fraction of sp³-hybridized carbons (Fsp3) is 1.00. The molecule has 2 aliphatic rings. The molecule has 9 heavy (non-hydrogen) atoms. The van der Waals surface area contributed by atoms with E-state index >= 15 is 0 Å². The predicted molar refractivity (Wildman–Crippen MR) is 39.2 cm³/mol. The van der Waals surface area contributed by atoms with E-state index in [0.717, 1.165) is 11.3 Å². The largest absolute Gasteiger partial charge is 0.0628 e. The van der Waals surface area contributed by atoms with Gasteiger partial charge in [-0.2, -0.15) is 0 Å². The maximum atomic E-state index is 2.33. The summed E-state index contributed by atoms with van der Waals surface area (Å²) in [5, 5.41) is 0. The Balaban J connectivity index is 1.68.